The van der Waals surface area contributed by atoms with Crippen LogP contribution in [0.5, 0.6) is 5.88 Å². The average molecular weight is 330 g/mol. The van der Waals surface area contributed by atoms with Crippen LogP contribution < -0.4 is 10.1 Å². The summed E-state index contributed by atoms with van der Waals surface area (Å²) in [4.78, 5) is 16.0. The maximum Gasteiger partial charge on any atom is 0.407 e. The van der Waals surface area contributed by atoms with Crippen LogP contribution in [-0.4, -0.2) is 29.3 Å². The molecule has 0 radical (unpaired) electrons. The first-order valence-electron chi connectivity index (χ1n) is 7.75. The molecule has 0 aliphatic carbocycles. The Morgan fingerprint density at radius 1 is 1.21 bits per heavy atom. The van der Waals surface area contributed by atoms with E-state index in [0.29, 0.717) is 12.5 Å². The standard InChI is InChI=1S/C18H22N2O4/c1-13-10-14(2)20-17(23-11-15-6-4-3-5-7-15)16(13)12-24-18(22)19-8-9-21/h3-7,10,21H,8-9,11-12H2,1-2H3,(H,19,22). The predicted octanol–water partition coefficient (Wildman–Crippen LogP) is 2.50. The molecule has 1 aromatic heterocycles. The van der Waals surface area contributed by atoms with Crippen LogP contribution in [0.15, 0.2) is 36.4 Å². The van der Waals surface area contributed by atoms with Crippen molar-refractivity contribution < 1.29 is 19.4 Å². The summed E-state index contributed by atoms with van der Waals surface area (Å²) in [5.41, 5.74) is 3.55. The fourth-order valence-electron chi connectivity index (χ4n) is 2.20. The second-order valence-corrected chi connectivity index (χ2v) is 5.37. The Morgan fingerprint density at radius 2 is 1.96 bits per heavy atom. The maximum absolute atomic E-state index is 11.5. The van der Waals surface area contributed by atoms with Gasteiger partial charge in [0, 0.05) is 12.2 Å². The zero-order valence-corrected chi connectivity index (χ0v) is 13.9. The number of nitrogens with one attached hydrogen (secondary N) is 1. The lowest BCUT2D eigenvalue weighted by Crippen LogP contribution is -2.27. The molecule has 0 aliphatic rings. The Kier molecular flexibility index (Phi) is 6.57. The molecule has 0 spiro atoms. The summed E-state index contributed by atoms with van der Waals surface area (Å²) in [6, 6.07) is 11.7. The van der Waals surface area contributed by atoms with Crippen LogP contribution >= 0.6 is 0 Å². The second kappa shape index (κ2) is 8.88. The highest BCUT2D eigenvalue weighted by molar-refractivity contribution is 5.67. The Morgan fingerprint density at radius 3 is 2.67 bits per heavy atom. The van der Waals surface area contributed by atoms with Crippen LogP contribution in [0.1, 0.15) is 22.4 Å². The Hall–Kier alpha value is -2.60. The third kappa shape index (κ3) is 5.24. The molecule has 0 unspecified atom stereocenters. The van der Waals surface area contributed by atoms with E-state index in [2.05, 4.69) is 10.3 Å². The van der Waals surface area contributed by atoms with E-state index in [1.165, 1.54) is 0 Å². The highest BCUT2D eigenvalue weighted by atomic mass is 16.5. The Labute approximate surface area is 141 Å². The molecule has 2 N–H and O–H groups in total. The first-order valence-corrected chi connectivity index (χ1v) is 7.75. The number of aliphatic hydroxyl groups is 1. The van der Waals surface area contributed by atoms with E-state index < -0.39 is 6.09 Å². The molecule has 2 aromatic rings. The number of pyridine rings is 1. The van der Waals surface area contributed by atoms with E-state index in [9.17, 15) is 4.79 Å². The summed E-state index contributed by atoms with van der Waals surface area (Å²) in [7, 11) is 0. The zero-order valence-electron chi connectivity index (χ0n) is 13.9. The smallest absolute Gasteiger partial charge is 0.407 e. The molecule has 128 valence electrons. The summed E-state index contributed by atoms with van der Waals surface area (Å²) < 4.78 is 11.0. The highest BCUT2D eigenvalue weighted by Gasteiger charge is 2.13. The van der Waals surface area contributed by atoms with Gasteiger partial charge in [0.15, 0.2) is 0 Å². The van der Waals surface area contributed by atoms with E-state index in [4.69, 9.17) is 14.6 Å². The number of benzene rings is 1. The summed E-state index contributed by atoms with van der Waals surface area (Å²) in [5, 5.41) is 11.1. The molecular weight excluding hydrogens is 308 g/mol. The molecule has 6 nitrogen and oxygen atoms in total. The third-order valence-corrected chi connectivity index (χ3v) is 3.38. The Bertz CT molecular complexity index is 674. The number of ether oxygens (including phenoxy) is 2. The van der Waals surface area contributed by atoms with Crippen molar-refractivity contribution in [2.75, 3.05) is 13.2 Å². The minimum absolute atomic E-state index is 0.0560. The quantitative estimate of drug-likeness (QED) is 0.815. The lowest BCUT2D eigenvalue weighted by atomic mass is 10.1. The van der Waals surface area contributed by atoms with Crippen molar-refractivity contribution in [1.82, 2.24) is 10.3 Å². The molecule has 0 atom stereocenters. The summed E-state index contributed by atoms with van der Waals surface area (Å²) in [6.45, 7) is 4.28. The lowest BCUT2D eigenvalue weighted by molar-refractivity contribution is 0.134. The van der Waals surface area contributed by atoms with Gasteiger partial charge >= 0.3 is 6.09 Å². The van der Waals surface area contributed by atoms with Gasteiger partial charge in [0.25, 0.3) is 0 Å². The number of aliphatic hydroxyl groups excluding tert-OH is 1. The number of amides is 1. The van der Waals surface area contributed by atoms with Crippen LogP contribution in [0.25, 0.3) is 0 Å². The molecule has 6 heteroatoms. The first-order chi connectivity index (χ1) is 11.6. The molecule has 1 heterocycles. The summed E-state index contributed by atoms with van der Waals surface area (Å²) in [6.07, 6.45) is -0.585. The number of carbonyl (C=O) groups excluding carboxylic acids is 1. The largest absolute Gasteiger partial charge is 0.472 e. The van der Waals surface area contributed by atoms with Gasteiger partial charge in [-0.25, -0.2) is 9.78 Å². The van der Waals surface area contributed by atoms with E-state index in [-0.39, 0.29) is 19.8 Å². The molecule has 0 aliphatic heterocycles. The fourth-order valence-corrected chi connectivity index (χ4v) is 2.20. The molecule has 1 aromatic carbocycles. The van der Waals surface area contributed by atoms with Gasteiger partial charge in [-0.05, 0) is 31.0 Å². The summed E-state index contributed by atoms with van der Waals surface area (Å²) >= 11 is 0. The van der Waals surface area contributed by atoms with Crippen LogP contribution in [0.4, 0.5) is 4.79 Å². The molecule has 0 bridgehead atoms. The number of aryl methyl sites for hydroxylation is 2. The SMILES string of the molecule is Cc1cc(C)c(COC(=O)NCCO)c(OCc2ccccc2)n1. The van der Waals surface area contributed by atoms with Gasteiger partial charge in [-0.1, -0.05) is 30.3 Å². The predicted molar refractivity (Wildman–Crippen MR) is 89.8 cm³/mol. The number of hydrogen-bond acceptors (Lipinski definition) is 5. The van der Waals surface area contributed by atoms with Crippen LogP contribution in [0.3, 0.4) is 0 Å². The van der Waals surface area contributed by atoms with E-state index in [1.54, 1.807) is 0 Å². The fraction of sp³-hybridized carbons (Fsp3) is 0.333. The zero-order chi connectivity index (χ0) is 17.4. The van der Waals surface area contributed by atoms with Gasteiger partial charge in [0.2, 0.25) is 5.88 Å². The van der Waals surface area contributed by atoms with Crippen molar-refractivity contribution in [1.29, 1.82) is 0 Å². The van der Waals surface area contributed by atoms with Crippen molar-refractivity contribution >= 4 is 6.09 Å². The van der Waals surface area contributed by atoms with Crippen LogP contribution in [0, 0.1) is 13.8 Å². The molecule has 1 amide bonds. The highest BCUT2D eigenvalue weighted by Crippen LogP contribution is 2.23. The second-order valence-electron chi connectivity index (χ2n) is 5.37. The van der Waals surface area contributed by atoms with Gasteiger partial charge in [-0.15, -0.1) is 0 Å². The van der Waals surface area contributed by atoms with Crippen molar-refractivity contribution in [2.24, 2.45) is 0 Å². The maximum atomic E-state index is 11.5. The topological polar surface area (TPSA) is 80.7 Å². The number of rotatable bonds is 7. The minimum atomic E-state index is -0.585. The number of carbonyl (C=O) groups is 1. The monoisotopic (exact) mass is 330 g/mol. The number of aromatic nitrogens is 1. The first kappa shape index (κ1) is 17.7. The Balaban J connectivity index is 2.07. The molecule has 0 saturated heterocycles. The molecule has 2 rings (SSSR count). The number of hydrogen-bond donors (Lipinski definition) is 2. The van der Waals surface area contributed by atoms with Crippen molar-refractivity contribution in [3.05, 3.63) is 58.8 Å². The third-order valence-electron chi connectivity index (χ3n) is 3.38. The molecule has 0 saturated carbocycles. The normalized spacial score (nSPS) is 10.3. The minimum Gasteiger partial charge on any atom is -0.472 e. The van der Waals surface area contributed by atoms with E-state index in [1.807, 2.05) is 50.2 Å². The van der Waals surface area contributed by atoms with Gasteiger partial charge < -0.3 is 19.9 Å². The van der Waals surface area contributed by atoms with Gasteiger partial charge in [-0.3, -0.25) is 0 Å². The van der Waals surface area contributed by atoms with Gasteiger partial charge in [0.05, 0.1) is 12.2 Å². The van der Waals surface area contributed by atoms with E-state index in [0.717, 1.165) is 22.4 Å². The molecule has 24 heavy (non-hydrogen) atoms. The summed E-state index contributed by atoms with van der Waals surface area (Å²) in [5.74, 6) is 0.464. The van der Waals surface area contributed by atoms with Crippen molar-refractivity contribution in [2.45, 2.75) is 27.1 Å². The lowest BCUT2D eigenvalue weighted by Gasteiger charge is -2.14. The van der Waals surface area contributed by atoms with Crippen molar-refractivity contribution in [3.63, 3.8) is 0 Å². The van der Waals surface area contributed by atoms with Crippen molar-refractivity contribution in [3.8, 4) is 5.88 Å². The van der Waals surface area contributed by atoms with Gasteiger partial charge in [0.1, 0.15) is 13.2 Å². The van der Waals surface area contributed by atoms with Crippen LogP contribution in [-0.2, 0) is 18.0 Å². The number of nitrogens with zero attached hydrogens (tertiary/aromatic N) is 1. The van der Waals surface area contributed by atoms with E-state index >= 15 is 0 Å². The average Bonchev–Trinajstić information content (AvgIpc) is 2.58. The molecule has 0 fully saturated rings. The van der Waals surface area contributed by atoms with Gasteiger partial charge in [-0.2, -0.15) is 0 Å². The molecular formula is C18H22N2O4. The van der Waals surface area contributed by atoms with Crippen LogP contribution in [0.2, 0.25) is 0 Å². The number of alkyl carbamates (subject to hydrolysis) is 1.